The molecule has 0 aliphatic rings. The summed E-state index contributed by atoms with van der Waals surface area (Å²) in [5, 5.41) is 5.24. The van der Waals surface area contributed by atoms with Gasteiger partial charge in [-0.05, 0) is 25.1 Å². The second-order valence-corrected chi connectivity index (χ2v) is 22.0. The molecule has 0 fully saturated rings. The first kappa shape index (κ1) is 41.5. The largest absolute Gasteiger partial charge is 0.353 e. The fraction of sp³-hybridized carbons (Fsp3) is 0.933. The highest BCUT2D eigenvalue weighted by Gasteiger charge is 2.43. The third-order valence-electron chi connectivity index (χ3n) is 3.76. The second kappa shape index (κ2) is 17.2. The van der Waals surface area contributed by atoms with E-state index in [0.717, 1.165) is 0 Å². The Morgan fingerprint density at radius 1 is 0.605 bits per heavy atom. The van der Waals surface area contributed by atoms with E-state index < -0.39 is 68.4 Å². The summed E-state index contributed by atoms with van der Waals surface area (Å²) in [6, 6.07) is 0. The number of hydrogen-bond acceptors (Lipinski definition) is 7. The van der Waals surface area contributed by atoms with E-state index in [1.165, 1.54) is 0 Å². The van der Waals surface area contributed by atoms with Crippen LogP contribution in [0.4, 0.5) is 0 Å². The van der Waals surface area contributed by atoms with Gasteiger partial charge in [0.15, 0.2) is 5.11 Å². The van der Waals surface area contributed by atoms with E-state index in [9.17, 15) is 9.13 Å². The molecule has 0 bridgehead atoms. The van der Waals surface area contributed by atoms with Gasteiger partial charge in [0, 0.05) is 0 Å². The molecule has 38 heavy (non-hydrogen) atoms. The molecule has 8 nitrogen and oxygen atoms in total. The van der Waals surface area contributed by atoms with Crippen molar-refractivity contribution in [3.05, 3.63) is 0 Å². The molecule has 2 N–H and O–H groups in total. The van der Waals surface area contributed by atoms with Crippen molar-refractivity contribution in [3.63, 3.8) is 0 Å². The van der Waals surface area contributed by atoms with E-state index in [1.807, 2.05) is 0 Å². The zero-order chi connectivity index (χ0) is 30.2. The molecule has 0 aliphatic carbocycles. The molecule has 0 saturated heterocycles. The van der Waals surface area contributed by atoms with Crippen LogP contribution in [0.25, 0.3) is 0 Å². The lowest BCUT2D eigenvalue weighted by molar-refractivity contribution is 0.198. The smallest absolute Gasteiger partial charge is 0.349 e. The highest BCUT2D eigenvalue weighted by atomic mass is 35.6. The summed E-state index contributed by atoms with van der Waals surface area (Å²) >= 11 is 74.0. The van der Waals surface area contributed by atoms with E-state index >= 15 is 0 Å². The summed E-state index contributed by atoms with van der Waals surface area (Å²) in [6.45, 7) is 0.651. The lowest BCUT2D eigenvalue weighted by atomic mass is 10.4. The minimum absolute atomic E-state index is 0.0841. The summed E-state index contributed by atoms with van der Waals surface area (Å²) in [5.74, 6) is -2.33. The number of alkyl halides is 12. The van der Waals surface area contributed by atoms with Crippen LogP contribution in [0.2, 0.25) is 0 Å². The number of nitrogens with one attached hydrogen (secondary N) is 2. The monoisotopic (exact) mass is 840 g/mol. The van der Waals surface area contributed by atoms with Crippen molar-refractivity contribution in [3.8, 4) is 0 Å². The van der Waals surface area contributed by atoms with Crippen LogP contribution < -0.4 is 10.6 Å². The molecule has 2 unspecified atom stereocenters. The zero-order valence-corrected chi connectivity index (χ0v) is 30.9. The Kier molecular flexibility index (Phi) is 18.8. The lowest BCUT2D eigenvalue weighted by Crippen LogP contribution is -2.46. The molecular formula is C15H22Cl12N2O6P2S. The minimum atomic E-state index is -4.22. The Balaban J connectivity index is 5.89. The van der Waals surface area contributed by atoms with Gasteiger partial charge in [-0.15, -0.1) is 0 Å². The van der Waals surface area contributed by atoms with Gasteiger partial charge in [0.05, 0.1) is 0 Å². The van der Waals surface area contributed by atoms with Gasteiger partial charge in [0.1, 0.15) is 38.0 Å². The summed E-state index contributed by atoms with van der Waals surface area (Å²) in [4.78, 5) is 0. The molecule has 0 saturated carbocycles. The van der Waals surface area contributed by atoms with Crippen molar-refractivity contribution in [2.24, 2.45) is 0 Å². The number of rotatable bonds is 14. The topological polar surface area (TPSA) is 95.1 Å². The summed E-state index contributed by atoms with van der Waals surface area (Å²) in [5.41, 5.74) is 0. The summed E-state index contributed by atoms with van der Waals surface area (Å²) in [7, 11) is -8.44. The molecular weight excluding hydrogens is 824 g/mol. The van der Waals surface area contributed by atoms with Crippen molar-refractivity contribution < 1.29 is 27.2 Å². The number of hydrogen-bond donors (Lipinski definition) is 2. The molecule has 228 valence electrons. The first-order valence-electron chi connectivity index (χ1n) is 9.96. The Labute approximate surface area is 286 Å². The molecule has 23 heteroatoms. The lowest BCUT2D eigenvalue weighted by Gasteiger charge is -2.32. The number of thiocarbonyl (C=S) groups is 1. The second-order valence-electron chi connectivity index (χ2n) is 7.10. The van der Waals surface area contributed by atoms with Gasteiger partial charge in [0.25, 0.3) is 0 Å². The standard InChI is InChI=1S/C15H22Cl12N2O6P2S/c1-3-9(36(30,32-5-12(16,17)18)33-6-13(19,20)21)28-11(38)29-10(4-2)37(31,34-7-14(22,23)24)35-8-15(25,26)27/h9-10H,3-8H2,1-2H3,(H2,28,29,38). The van der Waals surface area contributed by atoms with Crippen molar-refractivity contribution in [1.82, 2.24) is 10.6 Å². The fourth-order valence-electron chi connectivity index (χ4n) is 2.24. The summed E-state index contributed by atoms with van der Waals surface area (Å²) < 4.78 is 40.7. The van der Waals surface area contributed by atoms with Crippen LogP contribution in [-0.2, 0) is 27.2 Å². The van der Waals surface area contributed by atoms with Crippen LogP contribution >= 0.6 is 167 Å². The Morgan fingerprint density at radius 3 is 0.974 bits per heavy atom. The fourth-order valence-corrected chi connectivity index (χ4v) is 8.10. The van der Waals surface area contributed by atoms with Gasteiger partial charge in [-0.3, -0.25) is 9.13 Å². The Bertz CT molecular complexity index is 742. The Morgan fingerprint density at radius 2 is 0.816 bits per heavy atom. The van der Waals surface area contributed by atoms with E-state index in [4.69, 9.17) is 170 Å². The maximum Gasteiger partial charge on any atom is 0.353 e. The highest BCUT2D eigenvalue weighted by Crippen LogP contribution is 2.57. The van der Waals surface area contributed by atoms with Crippen LogP contribution in [0.3, 0.4) is 0 Å². The third-order valence-corrected chi connectivity index (χ3v) is 9.78. The van der Waals surface area contributed by atoms with Gasteiger partial charge in [-0.25, -0.2) is 0 Å². The highest BCUT2D eigenvalue weighted by molar-refractivity contribution is 7.80. The van der Waals surface area contributed by atoms with Crippen LogP contribution in [-0.4, -0.2) is 58.3 Å². The molecule has 0 aromatic heterocycles. The minimum Gasteiger partial charge on any atom is -0.349 e. The molecule has 0 aromatic rings. The molecule has 2 atom stereocenters. The van der Waals surface area contributed by atoms with Gasteiger partial charge >= 0.3 is 15.2 Å². The maximum atomic E-state index is 13.6. The van der Waals surface area contributed by atoms with Crippen molar-refractivity contribution in [1.29, 1.82) is 0 Å². The van der Waals surface area contributed by atoms with Crippen molar-refractivity contribution in [2.75, 3.05) is 26.4 Å². The quantitative estimate of drug-likeness (QED) is 0.101. The zero-order valence-electron chi connectivity index (χ0n) is 19.2. The normalized spacial score (nSPS) is 15.7. The molecule has 0 aromatic carbocycles. The van der Waals surface area contributed by atoms with E-state index in [-0.39, 0.29) is 18.0 Å². The predicted molar refractivity (Wildman–Crippen MR) is 167 cm³/mol. The maximum absolute atomic E-state index is 13.6. The predicted octanol–water partition coefficient (Wildman–Crippen LogP) is 9.86. The molecule has 0 amide bonds. The Hall–Kier alpha value is 3.47. The molecule has 0 heterocycles. The van der Waals surface area contributed by atoms with Crippen molar-refractivity contribution in [2.45, 2.75) is 53.4 Å². The van der Waals surface area contributed by atoms with E-state index in [2.05, 4.69) is 10.6 Å². The van der Waals surface area contributed by atoms with E-state index in [0.29, 0.717) is 0 Å². The average molecular weight is 846 g/mol. The van der Waals surface area contributed by atoms with Crippen LogP contribution in [0, 0.1) is 0 Å². The van der Waals surface area contributed by atoms with Crippen molar-refractivity contribution >= 4 is 172 Å². The first-order valence-corrected chi connectivity index (χ1v) is 18.1. The van der Waals surface area contributed by atoms with Crippen LogP contribution in [0.5, 0.6) is 0 Å². The van der Waals surface area contributed by atoms with Gasteiger partial charge in [-0.1, -0.05) is 153 Å². The van der Waals surface area contributed by atoms with Crippen LogP contribution in [0.1, 0.15) is 26.7 Å². The van der Waals surface area contributed by atoms with E-state index in [1.54, 1.807) is 13.8 Å². The average Bonchev–Trinajstić information content (AvgIpc) is 2.73. The van der Waals surface area contributed by atoms with Gasteiger partial charge in [0.2, 0.25) is 15.2 Å². The molecule has 0 radical (unpaired) electrons. The SMILES string of the molecule is CCC(NC(=S)NC(CC)P(=O)(OCC(Cl)(Cl)Cl)OCC(Cl)(Cl)Cl)P(=O)(OCC(Cl)(Cl)Cl)OCC(Cl)(Cl)Cl. The summed E-state index contributed by atoms with van der Waals surface area (Å²) in [6.07, 6.45) is 0.168. The van der Waals surface area contributed by atoms with Gasteiger partial charge in [-0.2, -0.15) is 0 Å². The van der Waals surface area contributed by atoms with Crippen LogP contribution in [0.15, 0.2) is 0 Å². The molecule has 0 aliphatic heterocycles. The first-order chi connectivity index (χ1) is 16.8. The molecule has 0 spiro atoms. The third kappa shape index (κ3) is 19.0. The number of halogens is 12. The molecule has 0 rings (SSSR count). The van der Waals surface area contributed by atoms with Gasteiger partial charge < -0.3 is 28.7 Å².